The molecule has 0 unspecified atom stereocenters. The molecule has 1 aromatic carbocycles. The Morgan fingerprint density at radius 1 is 1.26 bits per heavy atom. The molecular weight excluding hydrogens is 295 g/mol. The molecule has 1 heterocycles. The van der Waals surface area contributed by atoms with E-state index in [9.17, 15) is 4.39 Å². The second kappa shape index (κ2) is 8.31. The third kappa shape index (κ3) is 5.39. The molecule has 0 saturated heterocycles. The summed E-state index contributed by atoms with van der Waals surface area (Å²) in [6.45, 7) is 5.38. The summed E-state index contributed by atoms with van der Waals surface area (Å²) >= 11 is 0. The molecular formula is C17H23FN4O. The van der Waals surface area contributed by atoms with Gasteiger partial charge in [0.25, 0.3) is 0 Å². The van der Waals surface area contributed by atoms with Gasteiger partial charge >= 0.3 is 0 Å². The van der Waals surface area contributed by atoms with Crippen LogP contribution in [0.25, 0.3) is 0 Å². The van der Waals surface area contributed by atoms with Gasteiger partial charge in [0.05, 0.1) is 12.2 Å². The first-order valence-electron chi connectivity index (χ1n) is 7.73. The summed E-state index contributed by atoms with van der Waals surface area (Å²) in [5, 5.41) is 10.4. The summed E-state index contributed by atoms with van der Waals surface area (Å²) < 4.78 is 18.1. The molecule has 2 N–H and O–H groups in total. The van der Waals surface area contributed by atoms with Crippen LogP contribution in [0.3, 0.4) is 0 Å². The lowest BCUT2D eigenvalue weighted by Crippen LogP contribution is -2.37. The van der Waals surface area contributed by atoms with E-state index < -0.39 is 0 Å². The van der Waals surface area contributed by atoms with Gasteiger partial charge in [0.2, 0.25) is 0 Å². The molecule has 2 rings (SSSR count). The summed E-state index contributed by atoms with van der Waals surface area (Å²) in [6.07, 6.45) is 0.792. The van der Waals surface area contributed by atoms with E-state index >= 15 is 0 Å². The SMILES string of the molecule is CN=C(NCCc1ccc(F)cc1)NCc1cc(C(C)C)no1. The van der Waals surface area contributed by atoms with E-state index in [-0.39, 0.29) is 5.82 Å². The Morgan fingerprint density at radius 3 is 2.61 bits per heavy atom. The van der Waals surface area contributed by atoms with Gasteiger partial charge in [-0.25, -0.2) is 4.39 Å². The van der Waals surface area contributed by atoms with Gasteiger partial charge in [-0.1, -0.05) is 31.1 Å². The molecule has 6 heteroatoms. The van der Waals surface area contributed by atoms with Crippen molar-refractivity contribution in [2.24, 2.45) is 4.99 Å². The minimum Gasteiger partial charge on any atom is -0.359 e. The number of hydrogen-bond acceptors (Lipinski definition) is 3. The van der Waals surface area contributed by atoms with Crippen LogP contribution in [0.15, 0.2) is 39.8 Å². The van der Waals surface area contributed by atoms with Crippen LogP contribution in [0.2, 0.25) is 0 Å². The molecule has 2 aromatic rings. The minimum absolute atomic E-state index is 0.216. The van der Waals surface area contributed by atoms with Crippen molar-refractivity contribution in [1.82, 2.24) is 15.8 Å². The van der Waals surface area contributed by atoms with Gasteiger partial charge in [-0.2, -0.15) is 0 Å². The lowest BCUT2D eigenvalue weighted by Gasteiger charge is -2.10. The number of rotatable bonds is 6. The first-order chi connectivity index (χ1) is 11.1. The molecule has 0 atom stereocenters. The second-order valence-corrected chi connectivity index (χ2v) is 5.60. The Balaban J connectivity index is 1.75. The Labute approximate surface area is 136 Å². The highest BCUT2D eigenvalue weighted by molar-refractivity contribution is 5.79. The van der Waals surface area contributed by atoms with Gasteiger partial charge in [0, 0.05) is 19.7 Å². The molecule has 0 spiro atoms. The zero-order chi connectivity index (χ0) is 16.7. The fourth-order valence-corrected chi connectivity index (χ4v) is 2.05. The van der Waals surface area contributed by atoms with E-state index in [4.69, 9.17) is 4.52 Å². The molecule has 0 aliphatic rings. The van der Waals surface area contributed by atoms with E-state index in [0.717, 1.165) is 23.4 Å². The lowest BCUT2D eigenvalue weighted by atomic mass is 10.1. The molecule has 0 aliphatic carbocycles. The number of halogens is 1. The normalized spacial score (nSPS) is 11.8. The quantitative estimate of drug-likeness (QED) is 0.635. The van der Waals surface area contributed by atoms with Gasteiger partial charge in [-0.05, 0) is 30.0 Å². The van der Waals surface area contributed by atoms with Crippen molar-refractivity contribution in [3.8, 4) is 0 Å². The number of hydrogen-bond donors (Lipinski definition) is 2. The smallest absolute Gasteiger partial charge is 0.191 e. The molecule has 0 amide bonds. The van der Waals surface area contributed by atoms with E-state index in [1.54, 1.807) is 19.2 Å². The van der Waals surface area contributed by atoms with Crippen molar-refractivity contribution in [3.63, 3.8) is 0 Å². The molecule has 23 heavy (non-hydrogen) atoms. The summed E-state index contributed by atoms with van der Waals surface area (Å²) in [6, 6.07) is 8.46. The number of nitrogens with zero attached hydrogens (tertiary/aromatic N) is 2. The third-order valence-corrected chi connectivity index (χ3v) is 3.44. The highest BCUT2D eigenvalue weighted by atomic mass is 19.1. The van der Waals surface area contributed by atoms with Crippen molar-refractivity contribution in [2.75, 3.05) is 13.6 Å². The van der Waals surface area contributed by atoms with Gasteiger partial charge in [-0.3, -0.25) is 4.99 Å². The monoisotopic (exact) mass is 318 g/mol. The highest BCUT2D eigenvalue weighted by Crippen LogP contribution is 2.13. The molecule has 0 aliphatic heterocycles. The van der Waals surface area contributed by atoms with Crippen LogP contribution in [0.5, 0.6) is 0 Å². The van der Waals surface area contributed by atoms with Crippen molar-refractivity contribution < 1.29 is 8.91 Å². The lowest BCUT2D eigenvalue weighted by molar-refractivity contribution is 0.372. The minimum atomic E-state index is -0.216. The number of guanidine groups is 1. The van der Waals surface area contributed by atoms with Crippen LogP contribution >= 0.6 is 0 Å². The molecule has 124 valence electrons. The summed E-state index contributed by atoms with van der Waals surface area (Å²) in [5.74, 6) is 1.59. The van der Waals surface area contributed by atoms with Gasteiger partial charge in [0.15, 0.2) is 11.7 Å². The second-order valence-electron chi connectivity index (χ2n) is 5.60. The van der Waals surface area contributed by atoms with E-state index in [1.165, 1.54) is 12.1 Å². The van der Waals surface area contributed by atoms with Crippen molar-refractivity contribution in [3.05, 3.63) is 53.2 Å². The molecule has 1 aromatic heterocycles. The number of aromatic nitrogens is 1. The summed E-state index contributed by atoms with van der Waals surface area (Å²) in [7, 11) is 1.72. The average molecular weight is 318 g/mol. The molecule has 0 fully saturated rings. The molecule has 0 saturated carbocycles. The standard InChI is InChI=1S/C17H23FN4O/c1-12(2)16-10-15(23-22-16)11-21-17(19-3)20-9-8-13-4-6-14(18)7-5-13/h4-7,10,12H,8-9,11H2,1-3H3,(H2,19,20,21). The third-order valence-electron chi connectivity index (χ3n) is 3.44. The van der Waals surface area contributed by atoms with Gasteiger partial charge < -0.3 is 15.2 Å². The maximum Gasteiger partial charge on any atom is 0.191 e. The predicted octanol–water partition coefficient (Wildman–Crippen LogP) is 2.84. The Kier molecular flexibility index (Phi) is 6.14. The van der Waals surface area contributed by atoms with E-state index in [0.29, 0.717) is 25.0 Å². The summed E-state index contributed by atoms with van der Waals surface area (Å²) in [5.41, 5.74) is 2.02. The Bertz CT molecular complexity index is 634. The Morgan fingerprint density at radius 2 is 2.00 bits per heavy atom. The van der Waals surface area contributed by atoms with Gasteiger partial charge in [-0.15, -0.1) is 0 Å². The zero-order valence-electron chi connectivity index (χ0n) is 13.8. The first-order valence-corrected chi connectivity index (χ1v) is 7.73. The molecule has 5 nitrogen and oxygen atoms in total. The van der Waals surface area contributed by atoms with Crippen LogP contribution < -0.4 is 10.6 Å². The molecule has 0 radical (unpaired) electrons. The van der Waals surface area contributed by atoms with Gasteiger partial charge in [0.1, 0.15) is 5.82 Å². The topological polar surface area (TPSA) is 62.5 Å². The maximum atomic E-state index is 12.8. The predicted molar refractivity (Wildman–Crippen MR) is 88.9 cm³/mol. The number of nitrogens with one attached hydrogen (secondary N) is 2. The molecule has 0 bridgehead atoms. The van der Waals surface area contributed by atoms with E-state index in [2.05, 4.69) is 34.6 Å². The fourth-order valence-electron chi connectivity index (χ4n) is 2.05. The maximum absolute atomic E-state index is 12.8. The van der Waals surface area contributed by atoms with E-state index in [1.807, 2.05) is 6.07 Å². The van der Waals surface area contributed by atoms with Crippen LogP contribution in [0.1, 0.15) is 36.8 Å². The van der Waals surface area contributed by atoms with Crippen LogP contribution in [0.4, 0.5) is 4.39 Å². The first kappa shape index (κ1) is 17.0. The number of benzene rings is 1. The zero-order valence-corrected chi connectivity index (χ0v) is 13.8. The largest absolute Gasteiger partial charge is 0.359 e. The van der Waals surface area contributed by atoms with Crippen molar-refractivity contribution in [2.45, 2.75) is 32.7 Å². The highest BCUT2D eigenvalue weighted by Gasteiger charge is 2.08. The average Bonchev–Trinajstić information content (AvgIpc) is 3.01. The fraction of sp³-hybridized carbons (Fsp3) is 0.412. The van der Waals surface area contributed by atoms with Crippen molar-refractivity contribution in [1.29, 1.82) is 0 Å². The Hall–Kier alpha value is -2.37. The van der Waals surface area contributed by atoms with Crippen molar-refractivity contribution >= 4 is 5.96 Å². The van der Waals surface area contributed by atoms with Crippen LogP contribution in [-0.4, -0.2) is 24.7 Å². The van der Waals surface area contributed by atoms with Crippen LogP contribution in [-0.2, 0) is 13.0 Å². The number of aliphatic imine (C=N–C) groups is 1. The van der Waals surface area contributed by atoms with Crippen LogP contribution in [0, 0.1) is 5.82 Å². The summed E-state index contributed by atoms with van der Waals surface area (Å²) in [4.78, 5) is 4.16.